The van der Waals surface area contributed by atoms with Crippen molar-refractivity contribution in [3.05, 3.63) is 182 Å². The van der Waals surface area contributed by atoms with E-state index in [1.165, 1.54) is 109 Å². The molecule has 10 aromatic carbocycles. The average Bonchev–Trinajstić information content (AvgIpc) is 3.52. The molecule has 230 valence electrons. The van der Waals surface area contributed by atoms with Crippen molar-refractivity contribution >= 4 is 53.9 Å². The third-order valence-corrected chi connectivity index (χ3v) is 11.0. The Bertz CT molecular complexity index is 3000. The van der Waals surface area contributed by atoms with Gasteiger partial charge < -0.3 is 0 Å². The lowest BCUT2D eigenvalue weighted by molar-refractivity contribution is 1.62. The molecule has 11 rings (SSSR count). The summed E-state index contributed by atoms with van der Waals surface area (Å²) in [6, 6.07) is 67.6. The minimum Gasteiger partial charge on any atom is -0.0616 e. The fourth-order valence-corrected chi connectivity index (χ4v) is 8.64. The van der Waals surface area contributed by atoms with Crippen LogP contribution in [0, 0.1) is 0 Å². The van der Waals surface area contributed by atoms with Gasteiger partial charge in [-0.15, -0.1) is 0 Å². The minimum atomic E-state index is 1.23. The Kier molecular flexibility index (Phi) is 5.76. The highest BCUT2D eigenvalue weighted by molar-refractivity contribution is 6.23. The van der Waals surface area contributed by atoms with E-state index in [0.29, 0.717) is 0 Å². The third-order valence-electron chi connectivity index (χ3n) is 11.0. The van der Waals surface area contributed by atoms with E-state index in [9.17, 15) is 0 Å². The first kappa shape index (κ1) is 27.5. The van der Waals surface area contributed by atoms with Gasteiger partial charge in [-0.05, 0) is 134 Å². The molecular weight excluding hydrogens is 601 g/mol. The molecule has 0 fully saturated rings. The molecule has 0 unspecified atom stereocenters. The van der Waals surface area contributed by atoms with Gasteiger partial charge in [0.15, 0.2) is 0 Å². The van der Waals surface area contributed by atoms with Gasteiger partial charge in [-0.1, -0.05) is 158 Å². The van der Waals surface area contributed by atoms with E-state index in [4.69, 9.17) is 0 Å². The molecule has 10 aromatic rings. The Morgan fingerprint density at radius 3 is 1.64 bits per heavy atom. The van der Waals surface area contributed by atoms with Crippen molar-refractivity contribution in [2.45, 2.75) is 0 Å². The lowest BCUT2D eigenvalue weighted by atomic mass is 9.89. The van der Waals surface area contributed by atoms with Crippen LogP contribution in [-0.4, -0.2) is 0 Å². The maximum Gasteiger partial charge on any atom is -0.00201 e. The normalized spacial score (nSPS) is 12.0. The Balaban J connectivity index is 1.03. The quantitative estimate of drug-likeness (QED) is 0.170. The first-order valence-corrected chi connectivity index (χ1v) is 17.4. The van der Waals surface area contributed by atoms with Gasteiger partial charge in [0.05, 0.1) is 0 Å². The van der Waals surface area contributed by atoms with Gasteiger partial charge >= 0.3 is 0 Å². The molecule has 0 saturated carbocycles. The molecule has 0 aromatic heterocycles. The highest BCUT2D eigenvalue weighted by atomic mass is 14.2. The topological polar surface area (TPSA) is 0 Å². The Morgan fingerprint density at radius 1 is 0.200 bits per heavy atom. The van der Waals surface area contributed by atoms with Crippen molar-refractivity contribution in [2.75, 3.05) is 0 Å². The second-order valence-corrected chi connectivity index (χ2v) is 13.6. The molecule has 0 bridgehead atoms. The van der Waals surface area contributed by atoms with E-state index in [2.05, 4.69) is 182 Å². The van der Waals surface area contributed by atoms with E-state index < -0.39 is 0 Å². The summed E-state index contributed by atoms with van der Waals surface area (Å²) in [4.78, 5) is 0. The standard InChI is InChI=1S/C50H30/c1-2-12-40-32(9-1)21-24-37-30-48(43-15-5-6-16-45(43)49(37)40)36-23-20-31-19-22-34(28-38(31)29-36)33-10-7-11-35(27-33)39-25-26-47-42-14-4-3-13-41(42)46-18-8-17-44(39)50(46)47/h1-30H. The summed E-state index contributed by atoms with van der Waals surface area (Å²) >= 11 is 0. The van der Waals surface area contributed by atoms with E-state index in [0.717, 1.165) is 0 Å². The summed E-state index contributed by atoms with van der Waals surface area (Å²) in [7, 11) is 0. The maximum atomic E-state index is 2.38. The van der Waals surface area contributed by atoms with Crippen LogP contribution in [0.3, 0.4) is 0 Å². The van der Waals surface area contributed by atoms with Crippen molar-refractivity contribution < 1.29 is 0 Å². The molecule has 0 saturated heterocycles. The zero-order valence-corrected chi connectivity index (χ0v) is 27.3. The van der Waals surface area contributed by atoms with Crippen molar-refractivity contribution in [3.63, 3.8) is 0 Å². The maximum absolute atomic E-state index is 2.38. The van der Waals surface area contributed by atoms with Crippen LogP contribution in [0.25, 0.3) is 109 Å². The Hall–Kier alpha value is -6.50. The van der Waals surface area contributed by atoms with E-state index in [-0.39, 0.29) is 0 Å². The second-order valence-electron chi connectivity index (χ2n) is 13.6. The summed E-state index contributed by atoms with van der Waals surface area (Å²) in [6.45, 7) is 0. The van der Waals surface area contributed by atoms with Crippen molar-refractivity contribution in [1.29, 1.82) is 0 Å². The minimum absolute atomic E-state index is 1.23. The van der Waals surface area contributed by atoms with Gasteiger partial charge in [-0.2, -0.15) is 0 Å². The monoisotopic (exact) mass is 630 g/mol. The molecule has 0 spiro atoms. The van der Waals surface area contributed by atoms with E-state index >= 15 is 0 Å². The van der Waals surface area contributed by atoms with Gasteiger partial charge in [0.1, 0.15) is 0 Å². The molecule has 0 aliphatic heterocycles. The number of hydrogen-bond acceptors (Lipinski definition) is 0. The summed E-state index contributed by atoms with van der Waals surface area (Å²) < 4.78 is 0. The van der Waals surface area contributed by atoms with Crippen molar-refractivity contribution in [1.82, 2.24) is 0 Å². The van der Waals surface area contributed by atoms with Gasteiger partial charge in [0, 0.05) is 0 Å². The molecule has 50 heavy (non-hydrogen) atoms. The number of rotatable bonds is 3. The zero-order valence-electron chi connectivity index (χ0n) is 27.3. The molecule has 1 aliphatic rings. The molecule has 1 aliphatic carbocycles. The van der Waals surface area contributed by atoms with Crippen LogP contribution in [0.2, 0.25) is 0 Å². The fraction of sp³-hybridized carbons (Fsp3) is 0. The average molecular weight is 631 g/mol. The molecule has 0 radical (unpaired) electrons. The van der Waals surface area contributed by atoms with Crippen molar-refractivity contribution in [3.8, 4) is 55.6 Å². The molecular formula is C50H30. The number of hydrogen-bond donors (Lipinski definition) is 0. The van der Waals surface area contributed by atoms with Crippen molar-refractivity contribution in [2.24, 2.45) is 0 Å². The number of benzene rings is 10. The Labute approximate surface area is 290 Å². The summed E-state index contributed by atoms with van der Waals surface area (Å²) in [6.07, 6.45) is 0. The van der Waals surface area contributed by atoms with Crippen LogP contribution in [0.4, 0.5) is 0 Å². The zero-order chi connectivity index (χ0) is 32.8. The van der Waals surface area contributed by atoms with Crippen LogP contribution in [0.15, 0.2) is 182 Å². The van der Waals surface area contributed by atoms with Gasteiger partial charge in [0.2, 0.25) is 0 Å². The van der Waals surface area contributed by atoms with Crippen LogP contribution in [-0.2, 0) is 0 Å². The molecule has 0 atom stereocenters. The largest absolute Gasteiger partial charge is 0.0616 e. The summed E-state index contributed by atoms with van der Waals surface area (Å²) in [5.41, 5.74) is 12.8. The van der Waals surface area contributed by atoms with Crippen LogP contribution in [0.1, 0.15) is 0 Å². The van der Waals surface area contributed by atoms with Gasteiger partial charge in [0.25, 0.3) is 0 Å². The first-order valence-electron chi connectivity index (χ1n) is 17.4. The van der Waals surface area contributed by atoms with Crippen LogP contribution >= 0.6 is 0 Å². The lowest BCUT2D eigenvalue weighted by Gasteiger charge is -2.14. The van der Waals surface area contributed by atoms with E-state index in [1.54, 1.807) is 0 Å². The summed E-state index contributed by atoms with van der Waals surface area (Å²) in [5.74, 6) is 0. The number of fused-ring (bicyclic) bond motifs is 9. The van der Waals surface area contributed by atoms with Crippen LogP contribution in [0.5, 0.6) is 0 Å². The lowest BCUT2D eigenvalue weighted by Crippen LogP contribution is -1.87. The first-order chi connectivity index (χ1) is 24.8. The second kappa shape index (κ2) is 10.5. The predicted molar refractivity (Wildman–Crippen MR) is 215 cm³/mol. The highest BCUT2D eigenvalue weighted by Gasteiger charge is 2.22. The molecule has 0 heterocycles. The van der Waals surface area contributed by atoms with Gasteiger partial charge in [-0.25, -0.2) is 0 Å². The summed E-state index contributed by atoms with van der Waals surface area (Å²) in [5, 5.41) is 12.9. The predicted octanol–water partition coefficient (Wildman–Crippen LogP) is 14.1. The van der Waals surface area contributed by atoms with Gasteiger partial charge in [-0.3, -0.25) is 0 Å². The van der Waals surface area contributed by atoms with E-state index in [1.807, 2.05) is 0 Å². The smallest absolute Gasteiger partial charge is 0.00201 e. The molecule has 0 heteroatoms. The van der Waals surface area contributed by atoms with Crippen LogP contribution < -0.4 is 0 Å². The Morgan fingerprint density at radius 2 is 0.760 bits per heavy atom. The fourth-order valence-electron chi connectivity index (χ4n) is 8.64. The SMILES string of the molecule is c1cc(-c2ccc3ccc(-c4cc5ccc6ccccc6c5c5ccccc45)cc3c2)cc(-c2ccc3c4c(cccc24)-c2ccccc2-3)c1. The third kappa shape index (κ3) is 4.00. The molecule has 0 nitrogen and oxygen atoms in total. The highest BCUT2D eigenvalue weighted by Crippen LogP contribution is 2.49. The molecule has 0 amide bonds. The molecule has 0 N–H and O–H groups in total.